The van der Waals surface area contributed by atoms with Crippen molar-refractivity contribution in [3.63, 3.8) is 0 Å². The summed E-state index contributed by atoms with van der Waals surface area (Å²) in [5.74, 6) is 0.459. The predicted octanol–water partition coefficient (Wildman–Crippen LogP) is 2.34. The summed E-state index contributed by atoms with van der Waals surface area (Å²) in [5.41, 5.74) is 11.9. The molecule has 3 N–H and O–H groups in total. The van der Waals surface area contributed by atoms with Crippen LogP contribution in [0.25, 0.3) is 5.70 Å². The number of primary amides is 1. The standard InChI is InChI=1S/C18H21N3O2/c1-10-15-7-12(8-16(15)11(2)22)9-20-21-17(10)13-3-5-14(6-4-13)18(19)23/h3-6,9,12,15-16,21H,7-8H2,1-2H3,(H2,19,23)/b17-10+,20-9-. The molecule has 1 amide bonds. The Kier molecular flexibility index (Phi) is 4.03. The largest absolute Gasteiger partial charge is 0.366 e. The number of hydrogen-bond donors (Lipinski definition) is 2. The van der Waals surface area contributed by atoms with Gasteiger partial charge in [0.25, 0.3) is 0 Å². The van der Waals surface area contributed by atoms with Crippen LogP contribution in [0.4, 0.5) is 0 Å². The van der Waals surface area contributed by atoms with E-state index in [0.29, 0.717) is 11.5 Å². The number of amides is 1. The van der Waals surface area contributed by atoms with Crippen molar-refractivity contribution in [3.8, 4) is 0 Å². The van der Waals surface area contributed by atoms with Crippen LogP contribution in [0, 0.1) is 17.8 Å². The molecular formula is C18H21N3O2. The third-order valence-electron chi connectivity index (χ3n) is 4.99. The molecule has 1 aliphatic heterocycles. The lowest BCUT2D eigenvalue weighted by atomic mass is 9.85. The van der Waals surface area contributed by atoms with Crippen molar-refractivity contribution in [3.05, 3.63) is 41.0 Å². The molecule has 0 aromatic heterocycles. The maximum atomic E-state index is 12.0. The van der Waals surface area contributed by atoms with Crippen LogP contribution in [-0.2, 0) is 4.79 Å². The van der Waals surface area contributed by atoms with E-state index in [1.54, 1.807) is 19.1 Å². The first-order chi connectivity index (χ1) is 11.0. The molecule has 1 saturated carbocycles. The molecule has 5 heteroatoms. The molecule has 23 heavy (non-hydrogen) atoms. The molecule has 2 aliphatic rings. The molecule has 1 fully saturated rings. The minimum absolute atomic E-state index is 0.0613. The average molecular weight is 311 g/mol. The molecule has 0 spiro atoms. The van der Waals surface area contributed by atoms with Crippen molar-refractivity contribution in [1.82, 2.24) is 5.43 Å². The number of rotatable bonds is 3. The predicted molar refractivity (Wildman–Crippen MR) is 89.6 cm³/mol. The summed E-state index contributed by atoms with van der Waals surface area (Å²) >= 11 is 0. The minimum Gasteiger partial charge on any atom is -0.366 e. The molecule has 3 atom stereocenters. The van der Waals surface area contributed by atoms with E-state index in [9.17, 15) is 9.59 Å². The van der Waals surface area contributed by atoms with Gasteiger partial charge >= 0.3 is 0 Å². The highest BCUT2D eigenvalue weighted by molar-refractivity contribution is 5.93. The molecule has 1 aliphatic carbocycles. The summed E-state index contributed by atoms with van der Waals surface area (Å²) < 4.78 is 0. The molecule has 1 aromatic carbocycles. The van der Waals surface area contributed by atoms with Crippen LogP contribution in [-0.4, -0.2) is 17.9 Å². The van der Waals surface area contributed by atoms with Gasteiger partial charge in [0.05, 0.1) is 5.70 Å². The van der Waals surface area contributed by atoms with E-state index < -0.39 is 5.91 Å². The van der Waals surface area contributed by atoms with Crippen LogP contribution in [0.3, 0.4) is 0 Å². The Bertz CT molecular complexity index is 703. The van der Waals surface area contributed by atoms with Gasteiger partial charge in [-0.25, -0.2) is 0 Å². The van der Waals surface area contributed by atoms with Gasteiger partial charge in [0.1, 0.15) is 5.78 Å². The van der Waals surface area contributed by atoms with Crippen molar-refractivity contribution in [2.75, 3.05) is 0 Å². The number of carbonyl (C=O) groups excluding carboxylic acids is 2. The second kappa shape index (κ2) is 5.99. The fraction of sp³-hybridized carbons (Fsp3) is 0.389. The van der Waals surface area contributed by atoms with Gasteiger partial charge in [-0.3, -0.25) is 15.0 Å². The van der Waals surface area contributed by atoms with E-state index in [4.69, 9.17) is 5.73 Å². The van der Waals surface area contributed by atoms with Gasteiger partial charge in [-0.1, -0.05) is 12.1 Å². The van der Waals surface area contributed by atoms with Crippen molar-refractivity contribution in [2.45, 2.75) is 26.7 Å². The zero-order valence-electron chi connectivity index (χ0n) is 13.4. The summed E-state index contributed by atoms with van der Waals surface area (Å²) in [4.78, 5) is 23.2. The number of ketones is 1. The first kappa shape index (κ1) is 15.5. The fourth-order valence-electron chi connectivity index (χ4n) is 3.70. The molecular weight excluding hydrogens is 290 g/mol. The zero-order valence-corrected chi connectivity index (χ0v) is 13.4. The lowest BCUT2D eigenvalue weighted by Crippen LogP contribution is -2.20. The van der Waals surface area contributed by atoms with Gasteiger partial charge in [-0.2, -0.15) is 5.10 Å². The van der Waals surface area contributed by atoms with E-state index in [1.165, 1.54) is 0 Å². The molecule has 0 radical (unpaired) electrons. The topological polar surface area (TPSA) is 84.6 Å². The molecule has 3 unspecified atom stereocenters. The normalized spacial score (nSPS) is 31.0. The Morgan fingerprint density at radius 1 is 1.22 bits per heavy atom. The van der Waals surface area contributed by atoms with E-state index >= 15 is 0 Å². The quantitative estimate of drug-likeness (QED) is 0.898. The molecule has 2 bridgehead atoms. The summed E-state index contributed by atoms with van der Waals surface area (Å²) in [6.07, 6.45) is 3.75. The molecule has 1 heterocycles. The number of nitrogens with zero attached hydrogens (tertiary/aromatic N) is 1. The van der Waals surface area contributed by atoms with Crippen molar-refractivity contribution in [1.29, 1.82) is 0 Å². The number of Topliss-reactive ketones (excluding diaryl/α,β-unsaturated/α-hetero) is 1. The van der Waals surface area contributed by atoms with E-state index in [-0.39, 0.29) is 17.6 Å². The van der Waals surface area contributed by atoms with Crippen LogP contribution < -0.4 is 11.2 Å². The summed E-state index contributed by atoms with van der Waals surface area (Å²) in [6, 6.07) is 7.14. The number of nitrogens with two attached hydrogens (primary N) is 1. The van der Waals surface area contributed by atoms with E-state index in [1.807, 2.05) is 18.3 Å². The number of nitrogens with one attached hydrogen (secondary N) is 1. The maximum absolute atomic E-state index is 12.0. The Morgan fingerprint density at radius 2 is 1.91 bits per heavy atom. The number of fused-ring (bicyclic) bond motifs is 2. The number of hydrazone groups is 1. The third kappa shape index (κ3) is 2.91. The fourth-order valence-corrected chi connectivity index (χ4v) is 3.70. The Balaban J connectivity index is 2.00. The molecule has 5 nitrogen and oxygen atoms in total. The monoisotopic (exact) mass is 311 g/mol. The number of allylic oxidation sites excluding steroid dienone is 1. The van der Waals surface area contributed by atoms with E-state index in [2.05, 4.69) is 17.5 Å². The van der Waals surface area contributed by atoms with Crippen LogP contribution in [0.15, 0.2) is 34.9 Å². The summed E-state index contributed by atoms with van der Waals surface area (Å²) in [5, 5.41) is 4.33. The van der Waals surface area contributed by atoms with Crippen LogP contribution >= 0.6 is 0 Å². The SMILES string of the molecule is CC(=O)C1CC2/C=N\N/C(c3ccc(C(N)=O)cc3)=C(\C)C1C2. The Labute approximate surface area is 135 Å². The zero-order chi connectivity index (χ0) is 16.6. The van der Waals surface area contributed by atoms with Gasteiger partial charge < -0.3 is 5.73 Å². The first-order valence-corrected chi connectivity index (χ1v) is 7.88. The van der Waals surface area contributed by atoms with Crippen LogP contribution in [0.1, 0.15) is 42.6 Å². The first-order valence-electron chi connectivity index (χ1n) is 7.88. The maximum Gasteiger partial charge on any atom is 0.248 e. The van der Waals surface area contributed by atoms with Gasteiger partial charge in [-0.05, 0) is 61.8 Å². The number of carbonyl (C=O) groups is 2. The van der Waals surface area contributed by atoms with Crippen molar-refractivity contribution in [2.24, 2.45) is 28.6 Å². The van der Waals surface area contributed by atoms with Gasteiger partial charge in [-0.15, -0.1) is 0 Å². The third-order valence-corrected chi connectivity index (χ3v) is 4.99. The highest BCUT2D eigenvalue weighted by atomic mass is 16.1. The lowest BCUT2D eigenvalue weighted by Gasteiger charge is -2.22. The minimum atomic E-state index is -0.443. The molecule has 1 aromatic rings. The average Bonchev–Trinajstić information content (AvgIpc) is 2.96. The number of hydrogen-bond acceptors (Lipinski definition) is 4. The molecule has 0 saturated heterocycles. The van der Waals surface area contributed by atoms with Gasteiger partial charge in [0.2, 0.25) is 5.91 Å². The lowest BCUT2D eigenvalue weighted by molar-refractivity contribution is -0.121. The van der Waals surface area contributed by atoms with E-state index in [0.717, 1.165) is 29.7 Å². The van der Waals surface area contributed by atoms with Gasteiger partial charge in [0, 0.05) is 17.7 Å². The van der Waals surface area contributed by atoms with Crippen LogP contribution in [0.5, 0.6) is 0 Å². The van der Waals surface area contributed by atoms with Crippen molar-refractivity contribution >= 4 is 23.6 Å². The summed E-state index contributed by atoms with van der Waals surface area (Å²) in [7, 11) is 0. The molecule has 120 valence electrons. The molecule has 3 rings (SSSR count). The Morgan fingerprint density at radius 3 is 2.52 bits per heavy atom. The Hall–Kier alpha value is -2.43. The number of benzene rings is 1. The van der Waals surface area contributed by atoms with Gasteiger partial charge in [0.15, 0.2) is 0 Å². The smallest absolute Gasteiger partial charge is 0.248 e. The highest BCUT2D eigenvalue weighted by Gasteiger charge is 2.38. The second-order valence-electron chi connectivity index (χ2n) is 6.44. The highest BCUT2D eigenvalue weighted by Crippen LogP contribution is 2.43. The summed E-state index contributed by atoms with van der Waals surface area (Å²) in [6.45, 7) is 3.74. The van der Waals surface area contributed by atoms with Crippen LogP contribution in [0.2, 0.25) is 0 Å². The second-order valence-corrected chi connectivity index (χ2v) is 6.44. The van der Waals surface area contributed by atoms with Crippen molar-refractivity contribution < 1.29 is 9.59 Å².